The number of likely N-dealkylation sites (tertiary alicyclic amines) is 1. The smallest absolute Gasteiger partial charge is 0.159 e. The van der Waals surface area contributed by atoms with Crippen LogP contribution in [0.25, 0.3) is 0 Å². The van der Waals surface area contributed by atoms with E-state index in [1.54, 1.807) is 6.07 Å². The van der Waals surface area contributed by atoms with Crippen molar-refractivity contribution in [3.8, 4) is 0 Å². The molecule has 0 saturated carbocycles. The van der Waals surface area contributed by atoms with Gasteiger partial charge in [0.2, 0.25) is 0 Å². The summed E-state index contributed by atoms with van der Waals surface area (Å²) in [5.41, 5.74) is 1.72. The highest BCUT2D eigenvalue weighted by molar-refractivity contribution is 5.19. The van der Waals surface area contributed by atoms with Gasteiger partial charge in [-0.2, -0.15) is 0 Å². The minimum absolute atomic E-state index is 0.172. The van der Waals surface area contributed by atoms with E-state index >= 15 is 0 Å². The van der Waals surface area contributed by atoms with E-state index < -0.39 is 11.6 Å². The zero-order valence-corrected chi connectivity index (χ0v) is 12.0. The molecule has 2 heterocycles. The van der Waals surface area contributed by atoms with Crippen LogP contribution in [0.4, 0.5) is 8.78 Å². The van der Waals surface area contributed by atoms with E-state index in [1.165, 1.54) is 12.1 Å². The molecule has 1 aliphatic rings. The quantitative estimate of drug-likeness (QED) is 0.857. The molecule has 3 rings (SSSR count). The highest BCUT2D eigenvalue weighted by atomic mass is 19.2. The Hall–Kier alpha value is -1.75. The van der Waals surface area contributed by atoms with Gasteiger partial charge in [-0.3, -0.25) is 4.90 Å². The average Bonchev–Trinajstić information content (AvgIpc) is 3.11. The van der Waals surface area contributed by atoms with Crippen LogP contribution in [-0.2, 0) is 13.0 Å². The van der Waals surface area contributed by atoms with Crippen molar-refractivity contribution in [2.75, 3.05) is 6.54 Å². The number of aromatic nitrogens is 1. The second kappa shape index (κ2) is 5.93. The van der Waals surface area contributed by atoms with Crippen molar-refractivity contribution < 1.29 is 13.3 Å². The molecule has 1 unspecified atom stereocenters. The van der Waals surface area contributed by atoms with Gasteiger partial charge in [-0.1, -0.05) is 18.1 Å². The third-order valence-corrected chi connectivity index (χ3v) is 4.00. The highest BCUT2D eigenvalue weighted by Gasteiger charge is 2.29. The molecule has 0 bridgehead atoms. The molecule has 5 heteroatoms. The number of halogens is 2. The Morgan fingerprint density at radius 3 is 2.86 bits per heavy atom. The maximum absolute atomic E-state index is 13.3. The van der Waals surface area contributed by atoms with Crippen LogP contribution in [0.3, 0.4) is 0 Å². The topological polar surface area (TPSA) is 29.3 Å². The summed E-state index contributed by atoms with van der Waals surface area (Å²) in [6.45, 7) is 3.55. The number of hydrogen-bond donors (Lipinski definition) is 0. The minimum Gasteiger partial charge on any atom is -0.359 e. The van der Waals surface area contributed by atoms with Gasteiger partial charge in [0.25, 0.3) is 0 Å². The lowest BCUT2D eigenvalue weighted by molar-refractivity contribution is 0.206. The van der Waals surface area contributed by atoms with Gasteiger partial charge in [-0.05, 0) is 43.5 Å². The Bertz CT molecular complexity index is 626. The summed E-state index contributed by atoms with van der Waals surface area (Å²) in [6.07, 6.45) is 2.91. The molecule has 1 aliphatic heterocycles. The van der Waals surface area contributed by atoms with E-state index in [9.17, 15) is 8.78 Å². The second-order valence-electron chi connectivity index (χ2n) is 5.45. The van der Waals surface area contributed by atoms with E-state index in [4.69, 9.17) is 4.52 Å². The molecule has 3 nitrogen and oxygen atoms in total. The Morgan fingerprint density at radius 2 is 2.14 bits per heavy atom. The second-order valence-corrected chi connectivity index (χ2v) is 5.45. The van der Waals surface area contributed by atoms with Crippen molar-refractivity contribution in [2.24, 2.45) is 0 Å². The molecule has 112 valence electrons. The summed E-state index contributed by atoms with van der Waals surface area (Å²) in [7, 11) is 0. The average molecular weight is 292 g/mol. The molecule has 1 atom stereocenters. The Morgan fingerprint density at radius 1 is 1.29 bits per heavy atom. The normalized spacial score (nSPS) is 19.3. The number of nitrogens with zero attached hydrogens (tertiary/aromatic N) is 2. The number of aryl methyl sites for hydroxylation is 1. The first-order valence-corrected chi connectivity index (χ1v) is 7.31. The third kappa shape index (κ3) is 2.97. The lowest BCUT2D eigenvalue weighted by Crippen LogP contribution is -2.22. The molecule has 0 spiro atoms. The van der Waals surface area contributed by atoms with Gasteiger partial charge in [-0.25, -0.2) is 8.78 Å². The lowest BCUT2D eigenvalue weighted by Gasteiger charge is -2.22. The van der Waals surface area contributed by atoms with Gasteiger partial charge < -0.3 is 4.52 Å². The van der Waals surface area contributed by atoms with Crippen LogP contribution in [-0.4, -0.2) is 16.6 Å². The molecule has 0 radical (unpaired) electrons. The maximum Gasteiger partial charge on any atom is 0.159 e. The molecular formula is C16H18F2N2O. The Balaban J connectivity index is 1.76. The molecule has 1 fully saturated rings. The summed E-state index contributed by atoms with van der Waals surface area (Å²) in [4.78, 5) is 2.23. The van der Waals surface area contributed by atoms with Crippen LogP contribution in [0.2, 0.25) is 0 Å². The predicted molar refractivity (Wildman–Crippen MR) is 74.6 cm³/mol. The first kappa shape index (κ1) is 14.2. The first-order chi connectivity index (χ1) is 10.2. The van der Waals surface area contributed by atoms with Gasteiger partial charge in [0.05, 0.1) is 11.7 Å². The van der Waals surface area contributed by atoms with Crippen LogP contribution >= 0.6 is 0 Å². The van der Waals surface area contributed by atoms with E-state index in [1.807, 2.05) is 13.0 Å². The van der Waals surface area contributed by atoms with Crippen molar-refractivity contribution >= 4 is 0 Å². The fourth-order valence-electron chi connectivity index (χ4n) is 2.86. The molecule has 0 N–H and O–H groups in total. The summed E-state index contributed by atoms with van der Waals surface area (Å²) in [5.74, 6) is -0.734. The van der Waals surface area contributed by atoms with Crippen LogP contribution in [0, 0.1) is 11.6 Å². The predicted octanol–water partition coefficient (Wildman–Crippen LogP) is 3.85. The van der Waals surface area contributed by atoms with Gasteiger partial charge in [0.15, 0.2) is 17.4 Å². The molecular weight excluding hydrogens is 274 g/mol. The molecule has 1 aromatic carbocycles. The SMILES string of the molecule is CCc1cc(C2CCCN2Cc2ccc(F)c(F)c2)on1. The van der Waals surface area contributed by atoms with Gasteiger partial charge >= 0.3 is 0 Å². The number of benzene rings is 1. The lowest BCUT2D eigenvalue weighted by atomic mass is 10.1. The standard InChI is InChI=1S/C16H18F2N2O/c1-2-12-9-16(21-19-12)15-4-3-7-20(15)10-11-5-6-13(17)14(18)8-11/h5-6,8-9,15H,2-4,7,10H2,1H3. The molecule has 1 aromatic heterocycles. The molecule has 1 saturated heterocycles. The summed E-state index contributed by atoms with van der Waals surface area (Å²) in [6, 6.07) is 6.24. The summed E-state index contributed by atoms with van der Waals surface area (Å²) < 4.78 is 31.7. The highest BCUT2D eigenvalue weighted by Crippen LogP contribution is 2.33. The van der Waals surface area contributed by atoms with Crippen molar-refractivity contribution in [1.29, 1.82) is 0 Å². The monoisotopic (exact) mass is 292 g/mol. The minimum atomic E-state index is -0.806. The Labute approximate surface area is 122 Å². The summed E-state index contributed by atoms with van der Waals surface area (Å²) >= 11 is 0. The Kier molecular flexibility index (Phi) is 4.01. The number of rotatable bonds is 4. The fraction of sp³-hybridized carbons (Fsp3) is 0.438. The number of hydrogen-bond acceptors (Lipinski definition) is 3. The molecule has 0 amide bonds. The van der Waals surface area contributed by atoms with E-state index in [-0.39, 0.29) is 6.04 Å². The van der Waals surface area contributed by atoms with Crippen molar-refractivity contribution in [3.63, 3.8) is 0 Å². The zero-order chi connectivity index (χ0) is 14.8. The van der Waals surface area contributed by atoms with Crippen LogP contribution in [0.15, 0.2) is 28.8 Å². The van der Waals surface area contributed by atoms with Crippen molar-refractivity contribution in [2.45, 2.75) is 38.8 Å². The molecule has 0 aliphatic carbocycles. The molecule has 2 aromatic rings. The van der Waals surface area contributed by atoms with E-state index in [0.29, 0.717) is 6.54 Å². The fourth-order valence-corrected chi connectivity index (χ4v) is 2.86. The van der Waals surface area contributed by atoms with E-state index in [2.05, 4.69) is 10.1 Å². The van der Waals surface area contributed by atoms with Crippen LogP contribution in [0.1, 0.15) is 42.8 Å². The van der Waals surface area contributed by atoms with Crippen LogP contribution in [0.5, 0.6) is 0 Å². The van der Waals surface area contributed by atoms with E-state index in [0.717, 1.165) is 42.8 Å². The van der Waals surface area contributed by atoms with Gasteiger partial charge in [-0.15, -0.1) is 0 Å². The van der Waals surface area contributed by atoms with Crippen molar-refractivity contribution in [1.82, 2.24) is 10.1 Å². The zero-order valence-electron chi connectivity index (χ0n) is 12.0. The van der Waals surface area contributed by atoms with Crippen LogP contribution < -0.4 is 0 Å². The van der Waals surface area contributed by atoms with Crippen molar-refractivity contribution in [3.05, 3.63) is 52.9 Å². The van der Waals surface area contributed by atoms with Gasteiger partial charge in [0.1, 0.15) is 0 Å². The third-order valence-electron chi connectivity index (χ3n) is 4.00. The molecule has 21 heavy (non-hydrogen) atoms. The maximum atomic E-state index is 13.3. The first-order valence-electron chi connectivity index (χ1n) is 7.31. The largest absolute Gasteiger partial charge is 0.359 e. The van der Waals surface area contributed by atoms with Gasteiger partial charge in [0, 0.05) is 12.6 Å². The summed E-state index contributed by atoms with van der Waals surface area (Å²) in [5, 5.41) is 4.04.